The molecule has 7 heteroatoms. The van der Waals surface area contributed by atoms with Crippen molar-refractivity contribution in [1.82, 2.24) is 10.3 Å². The molecular weight excluding hydrogens is 254 g/mol. The quantitative estimate of drug-likeness (QED) is 0.773. The summed E-state index contributed by atoms with van der Waals surface area (Å²) in [4.78, 5) is 26.7. The molecule has 0 aromatic carbocycles. The number of ether oxygens (including phenoxy) is 1. The van der Waals surface area contributed by atoms with Crippen LogP contribution in [0.25, 0.3) is 0 Å². The normalized spacial score (nSPS) is 9.89. The number of carbonyl (C=O) groups is 2. The lowest BCUT2D eigenvalue weighted by Crippen LogP contribution is -2.29. The number of nitrogens with zero attached hydrogens (tertiary/aromatic N) is 1. The molecule has 1 aromatic heterocycles. The van der Waals surface area contributed by atoms with Gasteiger partial charge in [0, 0.05) is 11.9 Å². The van der Waals surface area contributed by atoms with E-state index in [0.717, 1.165) is 6.42 Å². The van der Waals surface area contributed by atoms with E-state index in [4.69, 9.17) is 4.74 Å². The lowest BCUT2D eigenvalue weighted by molar-refractivity contribution is -0.142. The van der Waals surface area contributed by atoms with Crippen LogP contribution in [0.1, 0.15) is 26.0 Å². The second kappa shape index (κ2) is 7.65. The number of rotatable bonds is 6. The summed E-state index contributed by atoms with van der Waals surface area (Å²) in [6, 6.07) is -0.283. The molecule has 2 amide bonds. The first-order chi connectivity index (χ1) is 8.65. The van der Waals surface area contributed by atoms with E-state index < -0.39 is 0 Å². The molecule has 0 aliphatic heterocycles. The summed E-state index contributed by atoms with van der Waals surface area (Å²) in [6.45, 7) is 4.70. The first-order valence-electron chi connectivity index (χ1n) is 5.80. The van der Waals surface area contributed by atoms with Gasteiger partial charge in [-0.3, -0.25) is 10.1 Å². The molecule has 0 saturated heterocycles. The largest absolute Gasteiger partial charge is 0.466 e. The second-order valence-electron chi connectivity index (χ2n) is 3.51. The zero-order valence-electron chi connectivity index (χ0n) is 10.5. The van der Waals surface area contributed by atoms with Crippen molar-refractivity contribution in [2.75, 3.05) is 18.5 Å². The van der Waals surface area contributed by atoms with Crippen LogP contribution in [0.15, 0.2) is 5.38 Å². The van der Waals surface area contributed by atoms with E-state index in [-0.39, 0.29) is 18.4 Å². The fourth-order valence-electron chi connectivity index (χ4n) is 1.19. The molecule has 100 valence electrons. The van der Waals surface area contributed by atoms with E-state index in [2.05, 4.69) is 15.6 Å². The minimum atomic E-state index is -0.315. The Balaban J connectivity index is 2.43. The summed E-state index contributed by atoms with van der Waals surface area (Å²) in [5.74, 6) is -0.315. The van der Waals surface area contributed by atoms with Crippen molar-refractivity contribution < 1.29 is 14.3 Å². The fraction of sp³-hybridized carbons (Fsp3) is 0.545. The minimum Gasteiger partial charge on any atom is -0.466 e. The lowest BCUT2D eigenvalue weighted by Gasteiger charge is -2.02. The molecule has 0 aliphatic carbocycles. The van der Waals surface area contributed by atoms with Gasteiger partial charge in [0.15, 0.2) is 5.13 Å². The monoisotopic (exact) mass is 271 g/mol. The molecule has 1 aromatic rings. The summed E-state index contributed by atoms with van der Waals surface area (Å²) < 4.78 is 4.82. The Bertz CT molecular complexity index is 406. The molecule has 0 spiro atoms. The third kappa shape index (κ3) is 5.13. The Labute approximate surface area is 110 Å². The van der Waals surface area contributed by atoms with Gasteiger partial charge in [-0.2, -0.15) is 0 Å². The van der Waals surface area contributed by atoms with E-state index >= 15 is 0 Å². The average molecular weight is 271 g/mol. The van der Waals surface area contributed by atoms with Crippen molar-refractivity contribution in [1.29, 1.82) is 0 Å². The standard InChI is InChI=1S/C11H17N3O3S/c1-3-5-12-10(16)14-11-13-8(7-18-11)6-9(15)17-4-2/h7H,3-6H2,1-2H3,(H2,12,13,14,16). The third-order valence-corrected chi connectivity index (χ3v) is 2.75. The number of thiazole rings is 1. The number of aromatic nitrogens is 1. The van der Waals surface area contributed by atoms with Crippen LogP contribution in [-0.4, -0.2) is 30.1 Å². The Morgan fingerprint density at radius 2 is 2.22 bits per heavy atom. The summed E-state index contributed by atoms with van der Waals surface area (Å²) in [6.07, 6.45) is 1.00. The summed E-state index contributed by atoms with van der Waals surface area (Å²) >= 11 is 1.28. The second-order valence-corrected chi connectivity index (χ2v) is 4.36. The highest BCUT2D eigenvalue weighted by molar-refractivity contribution is 7.13. The summed E-state index contributed by atoms with van der Waals surface area (Å²) in [5, 5.41) is 7.49. The topological polar surface area (TPSA) is 80.3 Å². The van der Waals surface area contributed by atoms with Crippen molar-refractivity contribution >= 4 is 28.5 Å². The predicted molar refractivity (Wildman–Crippen MR) is 69.8 cm³/mol. The van der Waals surface area contributed by atoms with Crippen molar-refractivity contribution in [3.63, 3.8) is 0 Å². The number of hydrogen-bond donors (Lipinski definition) is 2. The highest BCUT2D eigenvalue weighted by Gasteiger charge is 2.09. The van der Waals surface area contributed by atoms with E-state index in [1.807, 2.05) is 6.92 Å². The van der Waals surface area contributed by atoms with Crippen LogP contribution in [0, 0.1) is 0 Å². The number of carbonyl (C=O) groups excluding carboxylic acids is 2. The maximum absolute atomic E-state index is 11.4. The molecule has 2 N–H and O–H groups in total. The zero-order valence-corrected chi connectivity index (χ0v) is 11.3. The smallest absolute Gasteiger partial charge is 0.321 e. The molecule has 1 rings (SSSR count). The molecule has 0 unspecified atom stereocenters. The SMILES string of the molecule is CCCNC(=O)Nc1nc(CC(=O)OCC)cs1. The fourth-order valence-corrected chi connectivity index (χ4v) is 1.89. The van der Waals surface area contributed by atoms with E-state index in [9.17, 15) is 9.59 Å². The van der Waals surface area contributed by atoms with Crippen molar-refractivity contribution in [2.24, 2.45) is 0 Å². The highest BCUT2D eigenvalue weighted by Crippen LogP contribution is 2.15. The van der Waals surface area contributed by atoms with E-state index in [1.165, 1.54) is 11.3 Å². The third-order valence-electron chi connectivity index (χ3n) is 1.94. The zero-order chi connectivity index (χ0) is 13.4. The molecule has 0 saturated carbocycles. The van der Waals surface area contributed by atoms with Crippen LogP contribution in [0.5, 0.6) is 0 Å². The van der Waals surface area contributed by atoms with Gasteiger partial charge in [-0.05, 0) is 13.3 Å². The van der Waals surface area contributed by atoms with Gasteiger partial charge >= 0.3 is 12.0 Å². The van der Waals surface area contributed by atoms with Crippen LogP contribution in [0.4, 0.5) is 9.93 Å². The van der Waals surface area contributed by atoms with Gasteiger partial charge in [0.25, 0.3) is 0 Å². The molecule has 0 fully saturated rings. The number of urea groups is 1. The maximum atomic E-state index is 11.4. The molecular formula is C11H17N3O3S. The van der Waals surface area contributed by atoms with Crippen LogP contribution in [-0.2, 0) is 16.0 Å². The Kier molecular flexibility index (Phi) is 6.13. The highest BCUT2D eigenvalue weighted by atomic mass is 32.1. The number of anilines is 1. The molecule has 0 aliphatic rings. The number of amides is 2. The van der Waals surface area contributed by atoms with Crippen molar-refractivity contribution in [2.45, 2.75) is 26.7 Å². The molecule has 1 heterocycles. The van der Waals surface area contributed by atoms with Crippen LogP contribution >= 0.6 is 11.3 Å². The predicted octanol–water partition coefficient (Wildman–Crippen LogP) is 1.78. The van der Waals surface area contributed by atoms with E-state index in [0.29, 0.717) is 24.0 Å². The van der Waals surface area contributed by atoms with Gasteiger partial charge in [0.2, 0.25) is 0 Å². The van der Waals surface area contributed by atoms with Crippen molar-refractivity contribution in [3.05, 3.63) is 11.1 Å². The van der Waals surface area contributed by atoms with Gasteiger partial charge in [-0.1, -0.05) is 6.92 Å². The maximum Gasteiger partial charge on any atom is 0.321 e. The number of hydrogen-bond acceptors (Lipinski definition) is 5. The van der Waals surface area contributed by atoms with Gasteiger partial charge in [-0.15, -0.1) is 11.3 Å². The van der Waals surface area contributed by atoms with Gasteiger partial charge in [0.1, 0.15) is 0 Å². The average Bonchev–Trinajstić information content (AvgIpc) is 2.74. The van der Waals surface area contributed by atoms with Gasteiger partial charge in [-0.25, -0.2) is 9.78 Å². The van der Waals surface area contributed by atoms with E-state index in [1.54, 1.807) is 12.3 Å². The molecule has 0 radical (unpaired) electrons. The first-order valence-corrected chi connectivity index (χ1v) is 6.68. The number of nitrogens with one attached hydrogen (secondary N) is 2. The lowest BCUT2D eigenvalue weighted by atomic mass is 10.3. The van der Waals surface area contributed by atoms with Crippen LogP contribution in [0.3, 0.4) is 0 Å². The van der Waals surface area contributed by atoms with Crippen LogP contribution < -0.4 is 10.6 Å². The van der Waals surface area contributed by atoms with Gasteiger partial charge < -0.3 is 10.1 Å². The Morgan fingerprint density at radius 1 is 1.44 bits per heavy atom. The molecule has 0 bridgehead atoms. The Morgan fingerprint density at radius 3 is 2.89 bits per heavy atom. The van der Waals surface area contributed by atoms with Crippen molar-refractivity contribution in [3.8, 4) is 0 Å². The summed E-state index contributed by atoms with van der Waals surface area (Å²) in [7, 11) is 0. The molecule has 0 atom stereocenters. The van der Waals surface area contributed by atoms with Gasteiger partial charge in [0.05, 0.1) is 18.7 Å². The molecule has 6 nitrogen and oxygen atoms in total. The summed E-state index contributed by atoms with van der Waals surface area (Å²) in [5.41, 5.74) is 0.601. The number of esters is 1. The van der Waals surface area contributed by atoms with Crippen LogP contribution in [0.2, 0.25) is 0 Å². The Hall–Kier alpha value is -1.63. The molecule has 18 heavy (non-hydrogen) atoms. The first kappa shape index (κ1) is 14.4. The minimum absolute atomic E-state index is 0.128.